The molecule has 20 heavy (non-hydrogen) atoms. The summed E-state index contributed by atoms with van der Waals surface area (Å²) < 4.78 is 0.918. The Bertz CT molecular complexity index is 426. The monoisotopic (exact) mass is 312 g/mol. The molecule has 1 saturated heterocycles. The second-order valence-electron chi connectivity index (χ2n) is 6.35. The number of nitrogens with one attached hydrogen (secondary N) is 1. The summed E-state index contributed by atoms with van der Waals surface area (Å²) in [6.07, 6.45) is 9.41. The number of rotatable bonds is 3. The summed E-state index contributed by atoms with van der Waals surface area (Å²) in [6, 6.07) is 4.20. The standard InChI is InChI=1S/C16H25ClN2S/c17-15-6-5-14(20-15)7-12-19-11-4-10-18-16(13-19)8-2-1-3-9-16/h5-6,18H,1-4,7-13H2. The third-order valence-electron chi connectivity index (χ3n) is 4.79. The highest BCUT2D eigenvalue weighted by Crippen LogP contribution is 2.30. The molecule has 0 radical (unpaired) electrons. The molecular formula is C16H25ClN2S. The van der Waals surface area contributed by atoms with Gasteiger partial charge in [0.15, 0.2) is 0 Å². The summed E-state index contributed by atoms with van der Waals surface area (Å²) in [7, 11) is 0. The lowest BCUT2D eigenvalue weighted by Crippen LogP contribution is -2.52. The molecule has 1 aromatic heterocycles. The summed E-state index contributed by atoms with van der Waals surface area (Å²) in [4.78, 5) is 4.10. The zero-order valence-electron chi connectivity index (χ0n) is 12.2. The van der Waals surface area contributed by atoms with Crippen LogP contribution in [0.25, 0.3) is 0 Å². The van der Waals surface area contributed by atoms with E-state index in [1.54, 1.807) is 11.3 Å². The molecule has 4 heteroatoms. The molecule has 1 N–H and O–H groups in total. The van der Waals surface area contributed by atoms with Gasteiger partial charge in [-0.25, -0.2) is 0 Å². The van der Waals surface area contributed by atoms with Crippen LogP contribution in [0.3, 0.4) is 0 Å². The number of nitrogens with zero attached hydrogens (tertiary/aromatic N) is 1. The van der Waals surface area contributed by atoms with Crippen molar-refractivity contribution < 1.29 is 0 Å². The van der Waals surface area contributed by atoms with Crippen molar-refractivity contribution in [2.45, 2.75) is 50.5 Å². The summed E-state index contributed by atoms with van der Waals surface area (Å²) in [5.41, 5.74) is 0.418. The van der Waals surface area contributed by atoms with Crippen LogP contribution < -0.4 is 5.32 Å². The van der Waals surface area contributed by atoms with Crippen LogP contribution in [0.4, 0.5) is 0 Å². The van der Waals surface area contributed by atoms with Crippen LogP contribution in [-0.2, 0) is 6.42 Å². The fourth-order valence-corrected chi connectivity index (χ4v) is 4.80. The van der Waals surface area contributed by atoms with Gasteiger partial charge in [0.05, 0.1) is 4.34 Å². The SMILES string of the molecule is Clc1ccc(CCN2CCCNC3(CCCCC3)C2)s1. The van der Waals surface area contributed by atoms with Crippen molar-refractivity contribution in [2.75, 3.05) is 26.2 Å². The lowest BCUT2D eigenvalue weighted by atomic mass is 9.81. The predicted molar refractivity (Wildman–Crippen MR) is 87.9 cm³/mol. The third-order valence-corrected chi connectivity index (χ3v) is 6.08. The Morgan fingerprint density at radius 2 is 2.05 bits per heavy atom. The summed E-state index contributed by atoms with van der Waals surface area (Å²) in [5.74, 6) is 0. The van der Waals surface area contributed by atoms with Crippen LogP contribution in [0, 0.1) is 0 Å². The molecule has 1 spiro atoms. The largest absolute Gasteiger partial charge is 0.310 e. The first kappa shape index (κ1) is 14.8. The van der Waals surface area contributed by atoms with Gasteiger partial charge in [0, 0.05) is 23.5 Å². The Morgan fingerprint density at radius 3 is 2.80 bits per heavy atom. The smallest absolute Gasteiger partial charge is 0.0931 e. The number of halogens is 1. The van der Waals surface area contributed by atoms with Gasteiger partial charge in [-0.05, 0) is 50.9 Å². The molecule has 1 saturated carbocycles. The molecule has 0 amide bonds. The van der Waals surface area contributed by atoms with Gasteiger partial charge in [-0.15, -0.1) is 11.3 Å². The molecule has 112 valence electrons. The van der Waals surface area contributed by atoms with Gasteiger partial charge in [0.2, 0.25) is 0 Å². The molecule has 0 aromatic carbocycles. The van der Waals surface area contributed by atoms with Crippen LogP contribution in [0.5, 0.6) is 0 Å². The summed E-state index contributed by atoms with van der Waals surface area (Å²) >= 11 is 7.75. The van der Waals surface area contributed by atoms with Gasteiger partial charge in [0.25, 0.3) is 0 Å². The first-order valence-corrected chi connectivity index (χ1v) is 9.17. The lowest BCUT2D eigenvalue weighted by Gasteiger charge is -2.40. The maximum atomic E-state index is 6.02. The quantitative estimate of drug-likeness (QED) is 0.909. The summed E-state index contributed by atoms with van der Waals surface area (Å²) in [5, 5.41) is 3.87. The zero-order valence-corrected chi connectivity index (χ0v) is 13.7. The van der Waals surface area contributed by atoms with Crippen molar-refractivity contribution >= 4 is 22.9 Å². The van der Waals surface area contributed by atoms with E-state index in [9.17, 15) is 0 Å². The van der Waals surface area contributed by atoms with Crippen LogP contribution >= 0.6 is 22.9 Å². The van der Waals surface area contributed by atoms with Crippen LogP contribution in [0.1, 0.15) is 43.4 Å². The molecule has 2 nitrogen and oxygen atoms in total. The van der Waals surface area contributed by atoms with E-state index < -0.39 is 0 Å². The second kappa shape index (κ2) is 6.78. The maximum absolute atomic E-state index is 6.02. The van der Waals surface area contributed by atoms with E-state index in [0.29, 0.717) is 5.54 Å². The topological polar surface area (TPSA) is 15.3 Å². The molecule has 0 bridgehead atoms. The minimum Gasteiger partial charge on any atom is -0.310 e. The molecule has 3 rings (SSSR count). The number of thiophene rings is 1. The molecule has 2 heterocycles. The van der Waals surface area contributed by atoms with E-state index in [4.69, 9.17) is 11.6 Å². The molecule has 2 aliphatic rings. The number of hydrogen-bond donors (Lipinski definition) is 1. The fourth-order valence-electron chi connectivity index (χ4n) is 3.73. The van der Waals surface area contributed by atoms with Gasteiger partial charge in [0.1, 0.15) is 0 Å². The third kappa shape index (κ3) is 3.76. The number of hydrogen-bond acceptors (Lipinski definition) is 3. The van der Waals surface area contributed by atoms with Crippen molar-refractivity contribution in [2.24, 2.45) is 0 Å². The highest BCUT2D eigenvalue weighted by Gasteiger charge is 2.34. The van der Waals surface area contributed by atoms with E-state index in [1.165, 1.54) is 69.6 Å². The molecule has 2 fully saturated rings. The average Bonchev–Trinajstić information content (AvgIpc) is 2.77. The molecule has 1 aliphatic carbocycles. The van der Waals surface area contributed by atoms with E-state index >= 15 is 0 Å². The van der Waals surface area contributed by atoms with Crippen LogP contribution in [-0.4, -0.2) is 36.6 Å². The zero-order chi connectivity index (χ0) is 13.8. The van der Waals surface area contributed by atoms with Gasteiger partial charge in [-0.2, -0.15) is 0 Å². The van der Waals surface area contributed by atoms with Gasteiger partial charge in [-0.1, -0.05) is 30.9 Å². The Labute approximate surface area is 131 Å². The van der Waals surface area contributed by atoms with Crippen LogP contribution in [0.15, 0.2) is 12.1 Å². The molecule has 0 unspecified atom stereocenters. The predicted octanol–water partition coefficient (Wildman–Crippen LogP) is 3.94. The van der Waals surface area contributed by atoms with Crippen molar-refractivity contribution in [3.05, 3.63) is 21.3 Å². The van der Waals surface area contributed by atoms with E-state index in [2.05, 4.69) is 16.3 Å². The Hall–Kier alpha value is -0.0900. The summed E-state index contributed by atoms with van der Waals surface area (Å²) in [6.45, 7) is 4.86. The fraction of sp³-hybridized carbons (Fsp3) is 0.750. The first-order chi connectivity index (χ1) is 9.76. The Morgan fingerprint density at radius 1 is 1.20 bits per heavy atom. The van der Waals surface area contributed by atoms with Crippen molar-refractivity contribution in [1.29, 1.82) is 0 Å². The van der Waals surface area contributed by atoms with Gasteiger partial charge < -0.3 is 10.2 Å². The highest BCUT2D eigenvalue weighted by molar-refractivity contribution is 7.16. The van der Waals surface area contributed by atoms with Crippen molar-refractivity contribution in [3.63, 3.8) is 0 Å². The lowest BCUT2D eigenvalue weighted by molar-refractivity contribution is 0.165. The Kier molecular flexibility index (Phi) is 5.03. The van der Waals surface area contributed by atoms with Crippen molar-refractivity contribution in [3.8, 4) is 0 Å². The van der Waals surface area contributed by atoms with Gasteiger partial charge >= 0.3 is 0 Å². The van der Waals surface area contributed by atoms with Crippen molar-refractivity contribution in [1.82, 2.24) is 10.2 Å². The second-order valence-corrected chi connectivity index (χ2v) is 8.15. The van der Waals surface area contributed by atoms with Gasteiger partial charge in [-0.3, -0.25) is 0 Å². The molecule has 0 atom stereocenters. The highest BCUT2D eigenvalue weighted by atomic mass is 35.5. The molecule has 1 aliphatic heterocycles. The van der Waals surface area contributed by atoms with Crippen LogP contribution in [0.2, 0.25) is 4.34 Å². The van der Waals surface area contributed by atoms with E-state index in [0.717, 1.165) is 10.8 Å². The molecular weight excluding hydrogens is 288 g/mol. The normalized spacial score (nSPS) is 23.9. The first-order valence-electron chi connectivity index (χ1n) is 7.97. The van der Waals surface area contributed by atoms with E-state index in [-0.39, 0.29) is 0 Å². The average molecular weight is 313 g/mol. The Balaban J connectivity index is 1.57. The minimum absolute atomic E-state index is 0.418. The minimum atomic E-state index is 0.418. The van der Waals surface area contributed by atoms with E-state index in [1.807, 2.05) is 6.07 Å². The molecule has 1 aromatic rings. The maximum Gasteiger partial charge on any atom is 0.0931 e.